The maximum atomic E-state index is 5.29. The number of nitrogens with zero attached hydrogens (tertiary/aromatic N) is 6. The third-order valence-corrected chi connectivity index (χ3v) is 4.98. The largest absolute Gasteiger partial charge is 0.495 e. The van der Waals surface area contributed by atoms with Crippen LogP contribution >= 0.6 is 0 Å². The van der Waals surface area contributed by atoms with Gasteiger partial charge in [0.1, 0.15) is 23.2 Å². The van der Waals surface area contributed by atoms with Gasteiger partial charge in [-0.25, -0.2) is 19.5 Å². The van der Waals surface area contributed by atoms with Gasteiger partial charge < -0.3 is 20.1 Å². The van der Waals surface area contributed by atoms with Crippen molar-refractivity contribution in [3.05, 3.63) is 55.0 Å². The summed E-state index contributed by atoms with van der Waals surface area (Å²) in [6.45, 7) is 0. The second kappa shape index (κ2) is 7.99. The Kier molecular flexibility index (Phi) is 4.86. The molecule has 32 heavy (non-hydrogen) atoms. The highest BCUT2D eigenvalue weighted by Gasteiger charge is 2.15. The van der Waals surface area contributed by atoms with Gasteiger partial charge in [0.2, 0.25) is 5.88 Å². The Labute approximate surface area is 183 Å². The van der Waals surface area contributed by atoms with Crippen molar-refractivity contribution in [1.82, 2.24) is 29.5 Å². The Morgan fingerprint density at radius 3 is 2.62 bits per heavy atom. The number of nitrogens with one attached hydrogen (secondary N) is 2. The molecule has 0 atom stereocenters. The van der Waals surface area contributed by atoms with Crippen molar-refractivity contribution in [2.45, 2.75) is 0 Å². The predicted octanol–water partition coefficient (Wildman–Crippen LogP) is 3.54. The molecule has 0 saturated carbocycles. The molecule has 0 unspecified atom stereocenters. The molecule has 0 amide bonds. The van der Waals surface area contributed by atoms with Gasteiger partial charge >= 0.3 is 0 Å². The van der Waals surface area contributed by atoms with Crippen LogP contribution in [0.1, 0.15) is 0 Å². The molecule has 0 aliphatic carbocycles. The van der Waals surface area contributed by atoms with Gasteiger partial charge in [0.25, 0.3) is 0 Å². The molecule has 0 aromatic carbocycles. The van der Waals surface area contributed by atoms with Crippen molar-refractivity contribution >= 4 is 33.9 Å². The standard InChI is InChI=1S/C22H20N8O2/c1-23-21-15-10-24-18(26-17-5-4-6-20(27-17)32-3)9-14(15)16(11-25-21)22-28-19-8-7-13(31-2)12-30(19)29-22/h4-12H,1-3H3,(H,23,25)(H,24,26,27). The average Bonchev–Trinajstić information content (AvgIpc) is 3.26. The maximum Gasteiger partial charge on any atom is 0.214 e. The number of aromatic nitrogens is 6. The van der Waals surface area contributed by atoms with Crippen LogP contribution in [0.5, 0.6) is 11.6 Å². The highest BCUT2D eigenvalue weighted by molar-refractivity contribution is 6.01. The Bertz CT molecular complexity index is 1430. The summed E-state index contributed by atoms with van der Waals surface area (Å²) in [4.78, 5) is 18.1. The molecule has 0 fully saturated rings. The SMILES string of the molecule is CNc1ncc(-c2nc3ccc(OC)cn3n2)c2cc(Nc3cccc(OC)n3)ncc12. The molecular formula is C22H20N8O2. The molecule has 10 nitrogen and oxygen atoms in total. The summed E-state index contributed by atoms with van der Waals surface area (Å²) < 4.78 is 12.2. The molecular weight excluding hydrogens is 408 g/mol. The van der Waals surface area contributed by atoms with Crippen LogP contribution < -0.4 is 20.1 Å². The molecule has 5 aromatic rings. The quantitative estimate of drug-likeness (QED) is 0.419. The summed E-state index contributed by atoms with van der Waals surface area (Å²) >= 11 is 0. The molecule has 0 aliphatic rings. The Hall–Kier alpha value is -4.47. The molecule has 0 radical (unpaired) electrons. The number of methoxy groups -OCH3 is 2. The number of anilines is 3. The first kappa shape index (κ1) is 19.5. The van der Waals surface area contributed by atoms with E-state index in [9.17, 15) is 0 Å². The van der Waals surface area contributed by atoms with Crippen LogP contribution in [-0.4, -0.2) is 50.8 Å². The highest BCUT2D eigenvalue weighted by Crippen LogP contribution is 2.32. The number of ether oxygens (including phenoxy) is 2. The van der Waals surface area contributed by atoms with Crippen molar-refractivity contribution in [2.75, 3.05) is 31.9 Å². The van der Waals surface area contributed by atoms with E-state index in [2.05, 4.69) is 35.7 Å². The zero-order valence-corrected chi connectivity index (χ0v) is 17.7. The van der Waals surface area contributed by atoms with Gasteiger partial charge in [-0.15, -0.1) is 5.10 Å². The molecule has 5 rings (SSSR count). The number of hydrogen-bond donors (Lipinski definition) is 2. The molecule has 10 heteroatoms. The zero-order chi connectivity index (χ0) is 22.1. The van der Waals surface area contributed by atoms with Gasteiger partial charge in [-0.2, -0.15) is 4.98 Å². The van der Waals surface area contributed by atoms with Gasteiger partial charge in [-0.05, 0) is 24.3 Å². The monoisotopic (exact) mass is 428 g/mol. The Morgan fingerprint density at radius 1 is 0.906 bits per heavy atom. The summed E-state index contributed by atoms with van der Waals surface area (Å²) in [5.41, 5.74) is 1.49. The Morgan fingerprint density at radius 2 is 1.81 bits per heavy atom. The van der Waals surface area contributed by atoms with E-state index >= 15 is 0 Å². The topological polar surface area (TPSA) is 111 Å². The lowest BCUT2D eigenvalue weighted by atomic mass is 10.1. The third kappa shape index (κ3) is 3.47. The fourth-order valence-corrected chi connectivity index (χ4v) is 3.41. The summed E-state index contributed by atoms with van der Waals surface area (Å²) in [6.07, 6.45) is 5.30. The number of hydrogen-bond acceptors (Lipinski definition) is 9. The minimum absolute atomic E-state index is 0.516. The van der Waals surface area contributed by atoms with Crippen LogP contribution in [0, 0.1) is 0 Å². The minimum Gasteiger partial charge on any atom is -0.495 e. The van der Waals surface area contributed by atoms with Crippen molar-refractivity contribution < 1.29 is 9.47 Å². The van der Waals surface area contributed by atoms with E-state index < -0.39 is 0 Å². The summed E-state index contributed by atoms with van der Waals surface area (Å²) in [7, 11) is 5.02. The fourth-order valence-electron chi connectivity index (χ4n) is 3.41. The molecule has 5 aromatic heterocycles. The molecule has 0 saturated heterocycles. The van der Waals surface area contributed by atoms with Gasteiger partial charge in [-0.3, -0.25) is 0 Å². The molecule has 5 heterocycles. The van der Waals surface area contributed by atoms with E-state index in [1.54, 1.807) is 43.4 Å². The lowest BCUT2D eigenvalue weighted by Gasteiger charge is -2.11. The van der Waals surface area contributed by atoms with Crippen LogP contribution in [0.2, 0.25) is 0 Å². The van der Waals surface area contributed by atoms with E-state index in [1.165, 1.54) is 0 Å². The van der Waals surface area contributed by atoms with Gasteiger partial charge in [0.15, 0.2) is 11.5 Å². The Balaban J connectivity index is 1.63. The van der Waals surface area contributed by atoms with Gasteiger partial charge in [0, 0.05) is 41.8 Å². The average molecular weight is 428 g/mol. The summed E-state index contributed by atoms with van der Waals surface area (Å²) in [6, 6.07) is 11.1. The van der Waals surface area contributed by atoms with E-state index in [1.807, 2.05) is 37.4 Å². The number of fused-ring (bicyclic) bond motifs is 2. The first-order chi connectivity index (χ1) is 15.7. The molecule has 2 N–H and O–H groups in total. The third-order valence-electron chi connectivity index (χ3n) is 4.98. The number of rotatable bonds is 6. The normalized spacial score (nSPS) is 11.0. The highest BCUT2D eigenvalue weighted by atomic mass is 16.5. The zero-order valence-electron chi connectivity index (χ0n) is 17.7. The van der Waals surface area contributed by atoms with E-state index in [4.69, 9.17) is 9.47 Å². The van der Waals surface area contributed by atoms with Crippen molar-refractivity contribution in [3.8, 4) is 23.0 Å². The van der Waals surface area contributed by atoms with Crippen molar-refractivity contribution in [1.29, 1.82) is 0 Å². The van der Waals surface area contributed by atoms with Crippen LogP contribution in [0.4, 0.5) is 17.5 Å². The molecule has 160 valence electrons. The lowest BCUT2D eigenvalue weighted by Crippen LogP contribution is -2.00. The van der Waals surface area contributed by atoms with Crippen molar-refractivity contribution in [3.63, 3.8) is 0 Å². The molecule has 0 bridgehead atoms. The summed E-state index contributed by atoms with van der Waals surface area (Å²) in [5, 5.41) is 12.7. The first-order valence-corrected chi connectivity index (χ1v) is 9.84. The molecule has 0 spiro atoms. The number of pyridine rings is 4. The molecule has 0 aliphatic heterocycles. The van der Waals surface area contributed by atoms with Crippen LogP contribution in [0.25, 0.3) is 27.8 Å². The van der Waals surface area contributed by atoms with Crippen molar-refractivity contribution in [2.24, 2.45) is 0 Å². The van der Waals surface area contributed by atoms with E-state index in [0.29, 0.717) is 40.6 Å². The summed E-state index contributed by atoms with van der Waals surface area (Å²) in [5.74, 6) is 3.73. The first-order valence-electron chi connectivity index (χ1n) is 9.84. The predicted molar refractivity (Wildman–Crippen MR) is 122 cm³/mol. The lowest BCUT2D eigenvalue weighted by molar-refractivity contribution is 0.398. The minimum atomic E-state index is 0.516. The fraction of sp³-hybridized carbons (Fsp3) is 0.136. The van der Waals surface area contributed by atoms with Crippen LogP contribution in [0.3, 0.4) is 0 Å². The van der Waals surface area contributed by atoms with E-state index in [0.717, 1.165) is 16.3 Å². The van der Waals surface area contributed by atoms with Crippen LogP contribution in [-0.2, 0) is 0 Å². The van der Waals surface area contributed by atoms with E-state index in [-0.39, 0.29) is 0 Å². The second-order valence-electron chi connectivity index (χ2n) is 6.88. The van der Waals surface area contributed by atoms with Gasteiger partial charge in [-0.1, -0.05) is 6.07 Å². The maximum absolute atomic E-state index is 5.29. The smallest absolute Gasteiger partial charge is 0.214 e. The van der Waals surface area contributed by atoms with Gasteiger partial charge in [0.05, 0.1) is 20.4 Å². The van der Waals surface area contributed by atoms with Crippen LogP contribution in [0.15, 0.2) is 55.0 Å². The second-order valence-corrected chi connectivity index (χ2v) is 6.88.